The molecule has 0 aliphatic heterocycles. The standard InChI is InChI=1S/C17H27NO2/c1-18(2)12-10-14-7-4-5-11-17(14,19)15-8-6-9-16(13-15)20-3/h6,8-9,13-14,19H,4-5,7,10-12H2,1-3H3. The summed E-state index contributed by atoms with van der Waals surface area (Å²) in [5.74, 6) is 1.17. The third-order valence-corrected chi connectivity index (χ3v) is 4.53. The van der Waals surface area contributed by atoms with Gasteiger partial charge in [0, 0.05) is 0 Å². The van der Waals surface area contributed by atoms with Gasteiger partial charge in [-0.25, -0.2) is 0 Å². The summed E-state index contributed by atoms with van der Waals surface area (Å²) in [5, 5.41) is 11.3. The number of hydrogen-bond acceptors (Lipinski definition) is 3. The number of ether oxygens (including phenoxy) is 1. The van der Waals surface area contributed by atoms with E-state index in [1.54, 1.807) is 7.11 Å². The molecule has 0 bridgehead atoms. The minimum absolute atomic E-state index is 0.339. The zero-order chi connectivity index (χ0) is 14.6. The molecule has 1 N–H and O–H groups in total. The third kappa shape index (κ3) is 3.33. The number of benzene rings is 1. The van der Waals surface area contributed by atoms with Crippen LogP contribution >= 0.6 is 0 Å². The van der Waals surface area contributed by atoms with Gasteiger partial charge in [0.2, 0.25) is 0 Å². The van der Waals surface area contributed by atoms with E-state index in [0.717, 1.165) is 43.5 Å². The molecule has 3 nitrogen and oxygen atoms in total. The van der Waals surface area contributed by atoms with Gasteiger partial charge >= 0.3 is 0 Å². The highest BCUT2D eigenvalue weighted by molar-refractivity contribution is 5.33. The van der Waals surface area contributed by atoms with Crippen molar-refractivity contribution in [2.24, 2.45) is 5.92 Å². The van der Waals surface area contributed by atoms with Crippen molar-refractivity contribution in [3.05, 3.63) is 29.8 Å². The van der Waals surface area contributed by atoms with Crippen molar-refractivity contribution < 1.29 is 9.84 Å². The van der Waals surface area contributed by atoms with E-state index in [1.807, 2.05) is 24.3 Å². The van der Waals surface area contributed by atoms with E-state index in [4.69, 9.17) is 4.74 Å². The van der Waals surface area contributed by atoms with Gasteiger partial charge in [-0.3, -0.25) is 0 Å². The molecular weight excluding hydrogens is 250 g/mol. The molecule has 1 aliphatic carbocycles. The van der Waals surface area contributed by atoms with E-state index >= 15 is 0 Å². The quantitative estimate of drug-likeness (QED) is 0.898. The zero-order valence-electron chi connectivity index (χ0n) is 12.9. The lowest BCUT2D eigenvalue weighted by molar-refractivity contribution is -0.0592. The maximum atomic E-state index is 11.3. The summed E-state index contributed by atoms with van der Waals surface area (Å²) in [7, 11) is 5.86. The molecule has 1 saturated carbocycles. The predicted molar refractivity (Wildman–Crippen MR) is 82.0 cm³/mol. The lowest BCUT2D eigenvalue weighted by atomic mass is 9.70. The van der Waals surface area contributed by atoms with Crippen LogP contribution in [-0.4, -0.2) is 37.8 Å². The zero-order valence-corrected chi connectivity index (χ0v) is 12.9. The predicted octanol–water partition coefficient (Wildman–Crippen LogP) is 3.02. The van der Waals surface area contributed by atoms with Crippen LogP contribution in [0.3, 0.4) is 0 Å². The van der Waals surface area contributed by atoms with Gasteiger partial charge in [0.25, 0.3) is 0 Å². The van der Waals surface area contributed by atoms with Crippen LogP contribution in [0.2, 0.25) is 0 Å². The van der Waals surface area contributed by atoms with E-state index < -0.39 is 5.60 Å². The molecule has 0 aromatic heterocycles. The molecule has 0 saturated heterocycles. The van der Waals surface area contributed by atoms with Crippen molar-refractivity contribution in [1.29, 1.82) is 0 Å². The van der Waals surface area contributed by atoms with Crippen molar-refractivity contribution in [2.75, 3.05) is 27.7 Å². The van der Waals surface area contributed by atoms with Crippen LogP contribution < -0.4 is 4.74 Å². The van der Waals surface area contributed by atoms with E-state index in [2.05, 4.69) is 19.0 Å². The van der Waals surface area contributed by atoms with Gasteiger partial charge in [0.05, 0.1) is 12.7 Å². The molecule has 1 fully saturated rings. The Morgan fingerprint density at radius 1 is 1.35 bits per heavy atom. The van der Waals surface area contributed by atoms with Crippen molar-refractivity contribution in [2.45, 2.75) is 37.7 Å². The molecule has 1 aliphatic rings. The van der Waals surface area contributed by atoms with Crippen LogP contribution in [0.25, 0.3) is 0 Å². The number of nitrogens with zero attached hydrogens (tertiary/aromatic N) is 1. The van der Waals surface area contributed by atoms with Crippen molar-refractivity contribution in [3.8, 4) is 5.75 Å². The van der Waals surface area contributed by atoms with Crippen LogP contribution in [0.15, 0.2) is 24.3 Å². The topological polar surface area (TPSA) is 32.7 Å². The first-order chi connectivity index (χ1) is 9.56. The molecule has 3 heteroatoms. The fourth-order valence-electron chi connectivity index (χ4n) is 3.30. The smallest absolute Gasteiger partial charge is 0.119 e. The highest BCUT2D eigenvalue weighted by atomic mass is 16.5. The Hall–Kier alpha value is -1.06. The Kier molecular flexibility index (Phi) is 5.06. The van der Waals surface area contributed by atoms with Crippen LogP contribution in [0, 0.1) is 5.92 Å². The molecule has 1 aromatic carbocycles. The lowest BCUT2D eigenvalue weighted by Gasteiger charge is -2.41. The molecular formula is C17H27NO2. The highest BCUT2D eigenvalue weighted by Gasteiger charge is 2.40. The monoisotopic (exact) mass is 277 g/mol. The van der Waals surface area contributed by atoms with E-state index in [9.17, 15) is 5.11 Å². The fraction of sp³-hybridized carbons (Fsp3) is 0.647. The summed E-state index contributed by atoms with van der Waals surface area (Å²) >= 11 is 0. The molecule has 2 atom stereocenters. The minimum atomic E-state index is -0.692. The Morgan fingerprint density at radius 2 is 2.15 bits per heavy atom. The summed E-state index contributed by atoms with van der Waals surface area (Å²) < 4.78 is 5.30. The summed E-state index contributed by atoms with van der Waals surface area (Å²) in [6.07, 6.45) is 5.34. The van der Waals surface area contributed by atoms with Gasteiger partial charge in [-0.15, -0.1) is 0 Å². The third-order valence-electron chi connectivity index (χ3n) is 4.53. The van der Waals surface area contributed by atoms with Crippen LogP contribution in [0.5, 0.6) is 5.75 Å². The lowest BCUT2D eigenvalue weighted by Crippen LogP contribution is -2.39. The minimum Gasteiger partial charge on any atom is -0.497 e. The molecule has 0 spiro atoms. The van der Waals surface area contributed by atoms with Crippen LogP contribution in [-0.2, 0) is 5.60 Å². The molecule has 2 unspecified atom stereocenters. The van der Waals surface area contributed by atoms with Crippen molar-refractivity contribution >= 4 is 0 Å². The first kappa shape index (κ1) is 15.3. The van der Waals surface area contributed by atoms with Gasteiger partial charge in [-0.1, -0.05) is 25.0 Å². The molecule has 0 amide bonds. The normalized spacial score (nSPS) is 26.8. The summed E-state index contributed by atoms with van der Waals surface area (Å²) in [5.41, 5.74) is 0.323. The second-order valence-corrected chi connectivity index (χ2v) is 6.19. The summed E-state index contributed by atoms with van der Waals surface area (Å²) in [6.45, 7) is 1.02. The largest absolute Gasteiger partial charge is 0.497 e. The van der Waals surface area contributed by atoms with Gasteiger partial charge in [-0.05, 0) is 63.5 Å². The average molecular weight is 277 g/mol. The number of methoxy groups -OCH3 is 1. The first-order valence-corrected chi connectivity index (χ1v) is 7.58. The van der Waals surface area contributed by atoms with Gasteiger partial charge in [0.15, 0.2) is 0 Å². The Balaban J connectivity index is 2.22. The second kappa shape index (κ2) is 6.59. The number of hydrogen-bond donors (Lipinski definition) is 1. The highest BCUT2D eigenvalue weighted by Crippen LogP contribution is 2.44. The van der Waals surface area contributed by atoms with Crippen LogP contribution in [0.4, 0.5) is 0 Å². The van der Waals surface area contributed by atoms with Gasteiger partial charge in [0.1, 0.15) is 5.75 Å². The number of aliphatic hydroxyl groups is 1. The van der Waals surface area contributed by atoms with Gasteiger partial charge < -0.3 is 14.7 Å². The van der Waals surface area contributed by atoms with Crippen molar-refractivity contribution in [3.63, 3.8) is 0 Å². The first-order valence-electron chi connectivity index (χ1n) is 7.58. The summed E-state index contributed by atoms with van der Waals surface area (Å²) in [4.78, 5) is 2.20. The molecule has 1 aromatic rings. The average Bonchev–Trinajstić information content (AvgIpc) is 2.46. The SMILES string of the molecule is COc1cccc(C2(O)CCCCC2CCN(C)C)c1. The Morgan fingerprint density at radius 3 is 2.85 bits per heavy atom. The van der Waals surface area contributed by atoms with E-state index in [-0.39, 0.29) is 0 Å². The molecule has 0 heterocycles. The Labute approximate surface area is 122 Å². The molecule has 20 heavy (non-hydrogen) atoms. The van der Waals surface area contributed by atoms with E-state index in [0.29, 0.717) is 5.92 Å². The maximum absolute atomic E-state index is 11.3. The van der Waals surface area contributed by atoms with E-state index in [1.165, 1.54) is 6.42 Å². The molecule has 0 radical (unpaired) electrons. The van der Waals surface area contributed by atoms with Gasteiger partial charge in [-0.2, -0.15) is 0 Å². The molecule has 2 rings (SSSR count). The van der Waals surface area contributed by atoms with Crippen molar-refractivity contribution in [1.82, 2.24) is 4.90 Å². The van der Waals surface area contributed by atoms with Crippen LogP contribution in [0.1, 0.15) is 37.7 Å². The Bertz CT molecular complexity index is 433. The fourth-order valence-corrected chi connectivity index (χ4v) is 3.30. The molecule has 112 valence electrons. The summed E-state index contributed by atoms with van der Waals surface area (Å²) in [6, 6.07) is 7.94. The number of rotatable bonds is 5. The second-order valence-electron chi connectivity index (χ2n) is 6.19. The maximum Gasteiger partial charge on any atom is 0.119 e.